The van der Waals surface area contributed by atoms with E-state index in [1.54, 1.807) is 6.92 Å². The molecule has 0 spiro atoms. The van der Waals surface area contributed by atoms with Crippen LogP contribution in [-0.4, -0.2) is 112 Å². The van der Waals surface area contributed by atoms with E-state index < -0.39 is 33.8 Å². The van der Waals surface area contributed by atoms with E-state index in [-0.39, 0.29) is 72.8 Å². The number of morpholine rings is 1. The number of fused-ring (bicyclic) bond motifs is 1. The molecule has 0 N–H and O–H groups in total. The number of piperazine rings is 1. The summed E-state index contributed by atoms with van der Waals surface area (Å²) in [6, 6.07) is 9.24. The molecular formula is C28H33ClF3N5O6S2. The summed E-state index contributed by atoms with van der Waals surface area (Å²) in [4.78, 5) is 34.9. The second-order valence-electron chi connectivity index (χ2n) is 10.2. The summed E-state index contributed by atoms with van der Waals surface area (Å²) in [7, 11) is -3.90. The standard InChI is InChI=1S/C28H32F3N5O6S2.ClH/c1-2-42-27(38)34-11-13-35(14-12-34)44(39,40)21-8-6-20(7-9-21)25(37)36(15-10-33-16-18-41-19-17-33)26-32-24-22(28(29,30)31)4-3-5-23(24)43-26;/h3-9H,2,10-19H2,1H3;1H. The van der Waals surface area contributed by atoms with Crippen molar-refractivity contribution in [2.45, 2.75) is 18.0 Å². The van der Waals surface area contributed by atoms with Gasteiger partial charge in [0.1, 0.15) is 0 Å². The summed E-state index contributed by atoms with van der Waals surface area (Å²) in [5.74, 6) is -0.516. The summed E-state index contributed by atoms with van der Waals surface area (Å²) >= 11 is 0.988. The number of sulfonamides is 1. The van der Waals surface area contributed by atoms with Gasteiger partial charge < -0.3 is 14.4 Å². The Hall–Kier alpha value is -3.02. The molecule has 2 aliphatic heterocycles. The molecule has 17 heteroatoms. The van der Waals surface area contributed by atoms with Gasteiger partial charge in [-0.05, 0) is 43.3 Å². The largest absolute Gasteiger partial charge is 0.450 e. The molecule has 0 atom stereocenters. The Kier molecular flexibility index (Phi) is 11.3. The molecule has 2 aliphatic rings. The van der Waals surface area contributed by atoms with Crippen LogP contribution in [0.3, 0.4) is 0 Å². The number of rotatable bonds is 8. The molecule has 0 radical (unpaired) electrons. The lowest BCUT2D eigenvalue weighted by atomic mass is 10.2. The maximum absolute atomic E-state index is 13.8. The van der Waals surface area contributed by atoms with Gasteiger partial charge in [0.25, 0.3) is 5.91 Å². The monoisotopic (exact) mass is 691 g/mol. The zero-order valence-corrected chi connectivity index (χ0v) is 26.8. The number of carbonyl (C=O) groups excluding carboxylic acids is 2. The lowest BCUT2D eigenvalue weighted by Crippen LogP contribution is -2.50. The van der Waals surface area contributed by atoms with E-state index >= 15 is 0 Å². The molecule has 2 fully saturated rings. The number of aromatic nitrogens is 1. The number of alkyl halides is 3. The van der Waals surface area contributed by atoms with Crippen molar-refractivity contribution in [3.8, 4) is 0 Å². The highest BCUT2D eigenvalue weighted by Crippen LogP contribution is 2.38. The number of amides is 2. The van der Waals surface area contributed by atoms with Gasteiger partial charge in [0.15, 0.2) is 5.13 Å². The molecule has 3 heterocycles. The van der Waals surface area contributed by atoms with Crippen LogP contribution >= 0.6 is 23.7 Å². The minimum Gasteiger partial charge on any atom is -0.450 e. The van der Waals surface area contributed by atoms with Gasteiger partial charge in [0.05, 0.1) is 40.5 Å². The van der Waals surface area contributed by atoms with Crippen molar-refractivity contribution in [3.63, 3.8) is 0 Å². The first-order chi connectivity index (χ1) is 21.0. The van der Waals surface area contributed by atoms with Crippen molar-refractivity contribution >= 4 is 61.1 Å². The minimum atomic E-state index is -4.61. The number of anilines is 1. The normalized spacial score (nSPS) is 16.8. The van der Waals surface area contributed by atoms with Crippen LogP contribution in [0.2, 0.25) is 0 Å². The molecule has 5 rings (SSSR count). The first-order valence-corrected chi connectivity index (χ1v) is 16.4. The third kappa shape index (κ3) is 7.86. The molecule has 0 aliphatic carbocycles. The molecule has 0 saturated carbocycles. The van der Waals surface area contributed by atoms with Crippen molar-refractivity contribution in [1.82, 2.24) is 19.1 Å². The number of hydrogen-bond donors (Lipinski definition) is 0. The van der Waals surface area contributed by atoms with Gasteiger partial charge in [-0.1, -0.05) is 17.4 Å². The van der Waals surface area contributed by atoms with Gasteiger partial charge >= 0.3 is 12.3 Å². The van der Waals surface area contributed by atoms with Crippen molar-refractivity contribution in [1.29, 1.82) is 0 Å². The molecule has 2 aromatic carbocycles. The fourth-order valence-electron chi connectivity index (χ4n) is 5.03. The molecule has 0 unspecified atom stereocenters. The maximum atomic E-state index is 13.8. The number of carbonyl (C=O) groups is 2. The van der Waals surface area contributed by atoms with Crippen LogP contribution in [0.1, 0.15) is 22.8 Å². The summed E-state index contributed by atoms with van der Waals surface area (Å²) in [6.07, 6.45) is -5.10. The van der Waals surface area contributed by atoms with Crippen molar-refractivity contribution < 1.29 is 40.7 Å². The van der Waals surface area contributed by atoms with Crippen molar-refractivity contribution in [3.05, 3.63) is 53.6 Å². The van der Waals surface area contributed by atoms with Crippen LogP contribution in [0.5, 0.6) is 0 Å². The molecule has 1 aromatic heterocycles. The topological polar surface area (TPSA) is 113 Å². The number of hydrogen-bond acceptors (Lipinski definition) is 9. The van der Waals surface area contributed by atoms with Crippen molar-refractivity contribution in [2.24, 2.45) is 0 Å². The summed E-state index contributed by atoms with van der Waals surface area (Å²) in [5, 5.41) is 0.117. The zero-order chi connectivity index (χ0) is 31.5. The van der Waals surface area contributed by atoms with Crippen LogP contribution in [0.25, 0.3) is 10.2 Å². The summed E-state index contributed by atoms with van der Waals surface area (Å²) in [6.45, 7) is 5.46. The van der Waals surface area contributed by atoms with Crippen LogP contribution in [-0.2, 0) is 25.7 Å². The highest BCUT2D eigenvalue weighted by molar-refractivity contribution is 7.89. The third-order valence-electron chi connectivity index (χ3n) is 7.44. The fourth-order valence-corrected chi connectivity index (χ4v) is 7.47. The third-order valence-corrected chi connectivity index (χ3v) is 10.4. The Morgan fingerprint density at radius 2 is 1.69 bits per heavy atom. The average molecular weight is 692 g/mol. The maximum Gasteiger partial charge on any atom is 0.418 e. The van der Waals surface area contributed by atoms with E-state index in [1.165, 1.54) is 50.5 Å². The molecule has 3 aromatic rings. The van der Waals surface area contributed by atoms with Crippen LogP contribution in [0.4, 0.5) is 23.1 Å². The number of benzene rings is 2. The molecule has 246 valence electrons. The van der Waals surface area contributed by atoms with Crippen molar-refractivity contribution in [2.75, 3.05) is 77.1 Å². The van der Waals surface area contributed by atoms with E-state index in [9.17, 15) is 31.2 Å². The van der Waals surface area contributed by atoms with E-state index in [4.69, 9.17) is 9.47 Å². The zero-order valence-electron chi connectivity index (χ0n) is 24.4. The molecular weight excluding hydrogens is 659 g/mol. The smallest absolute Gasteiger partial charge is 0.418 e. The highest BCUT2D eigenvalue weighted by atomic mass is 35.5. The van der Waals surface area contributed by atoms with Crippen LogP contribution < -0.4 is 4.90 Å². The SMILES string of the molecule is CCOC(=O)N1CCN(S(=O)(=O)c2ccc(C(=O)N(CCN3CCOCC3)c3nc4c(C(F)(F)F)cccc4s3)cc2)CC1.Cl. The Bertz CT molecular complexity index is 1590. The molecule has 0 bridgehead atoms. The molecule has 2 saturated heterocycles. The Labute approximate surface area is 268 Å². The van der Waals surface area contributed by atoms with E-state index in [0.717, 1.165) is 17.4 Å². The molecule has 2 amide bonds. The lowest BCUT2D eigenvalue weighted by molar-refractivity contribution is -0.136. The summed E-state index contributed by atoms with van der Waals surface area (Å²) < 4.78 is 79.6. The van der Waals surface area contributed by atoms with Gasteiger partial charge in [-0.3, -0.25) is 14.6 Å². The Morgan fingerprint density at radius 1 is 1.02 bits per heavy atom. The number of para-hydroxylation sites is 1. The first-order valence-electron chi connectivity index (χ1n) is 14.1. The molecule has 45 heavy (non-hydrogen) atoms. The van der Waals surface area contributed by atoms with Crippen LogP contribution in [0.15, 0.2) is 47.4 Å². The number of ether oxygens (including phenoxy) is 2. The average Bonchev–Trinajstić information content (AvgIpc) is 3.45. The van der Waals surface area contributed by atoms with E-state index in [0.29, 0.717) is 37.5 Å². The van der Waals surface area contributed by atoms with Gasteiger partial charge in [-0.25, -0.2) is 18.2 Å². The predicted molar refractivity (Wildman–Crippen MR) is 165 cm³/mol. The summed E-state index contributed by atoms with van der Waals surface area (Å²) in [5.41, 5.74) is -0.947. The highest BCUT2D eigenvalue weighted by Gasteiger charge is 2.35. The molecule has 11 nitrogen and oxygen atoms in total. The first kappa shape index (κ1) is 34.8. The minimum absolute atomic E-state index is 0. The van der Waals surface area contributed by atoms with Gasteiger partial charge in [0, 0.05) is 57.9 Å². The predicted octanol–water partition coefficient (Wildman–Crippen LogP) is 4.18. The van der Waals surface area contributed by atoms with Gasteiger partial charge in [0.2, 0.25) is 10.0 Å². The number of nitrogens with zero attached hydrogens (tertiary/aromatic N) is 5. The lowest BCUT2D eigenvalue weighted by Gasteiger charge is -2.33. The number of thiazole rings is 1. The van der Waals surface area contributed by atoms with Gasteiger partial charge in [-0.2, -0.15) is 17.5 Å². The second kappa shape index (κ2) is 14.6. The Morgan fingerprint density at radius 3 is 2.31 bits per heavy atom. The van der Waals surface area contributed by atoms with Gasteiger partial charge in [-0.15, -0.1) is 12.4 Å². The fraction of sp³-hybridized carbons (Fsp3) is 0.464. The second-order valence-corrected chi connectivity index (χ2v) is 13.1. The Balaban J connectivity index is 0.00000461. The van der Waals surface area contributed by atoms with E-state index in [1.807, 2.05) is 0 Å². The quantitative estimate of drug-likeness (QED) is 0.346. The van der Waals surface area contributed by atoms with E-state index in [2.05, 4.69) is 9.88 Å². The number of halogens is 4. The van der Waals surface area contributed by atoms with Crippen LogP contribution in [0, 0.1) is 0 Å².